The maximum Gasteiger partial charge on any atom is 0.250 e. The van der Waals surface area contributed by atoms with E-state index in [1.54, 1.807) is 18.2 Å². The van der Waals surface area contributed by atoms with E-state index < -0.39 is 0 Å². The summed E-state index contributed by atoms with van der Waals surface area (Å²) >= 11 is 0. The van der Waals surface area contributed by atoms with Crippen LogP contribution in [0, 0.1) is 0 Å². The van der Waals surface area contributed by atoms with E-state index in [1.165, 1.54) is 7.11 Å². The second-order valence-electron chi connectivity index (χ2n) is 4.58. The number of anilines is 2. The first-order valence-electron chi connectivity index (χ1n) is 6.58. The lowest BCUT2D eigenvalue weighted by Gasteiger charge is -2.09. The van der Waals surface area contributed by atoms with E-state index in [9.17, 15) is 9.90 Å². The molecule has 2 aromatic rings. The number of phenolic OH excluding ortho intramolecular Hbond substituents is 1. The van der Waals surface area contributed by atoms with Gasteiger partial charge in [0.05, 0.1) is 0 Å². The van der Waals surface area contributed by atoms with E-state index in [-0.39, 0.29) is 18.3 Å². The van der Waals surface area contributed by atoms with E-state index in [0.717, 1.165) is 16.9 Å². The summed E-state index contributed by atoms with van der Waals surface area (Å²) in [6.07, 6.45) is 0. The van der Waals surface area contributed by atoms with Crippen LogP contribution in [0.5, 0.6) is 5.75 Å². The summed E-state index contributed by atoms with van der Waals surface area (Å²) in [4.78, 5) is 11.4. The Morgan fingerprint density at radius 2 is 1.86 bits per heavy atom. The minimum absolute atomic E-state index is 0.0392. The zero-order valence-electron chi connectivity index (χ0n) is 11.8. The third kappa shape index (κ3) is 4.81. The van der Waals surface area contributed by atoms with Crippen molar-refractivity contribution in [3.63, 3.8) is 0 Å². The van der Waals surface area contributed by atoms with Gasteiger partial charge < -0.3 is 20.5 Å². The third-order valence-corrected chi connectivity index (χ3v) is 2.85. The molecule has 3 N–H and O–H groups in total. The number of ether oxygens (including phenoxy) is 1. The lowest BCUT2D eigenvalue weighted by Crippen LogP contribution is -2.16. The summed E-state index contributed by atoms with van der Waals surface area (Å²) in [5.41, 5.74) is 2.65. The molecule has 110 valence electrons. The molecule has 21 heavy (non-hydrogen) atoms. The topological polar surface area (TPSA) is 70.6 Å². The zero-order valence-corrected chi connectivity index (χ0v) is 11.8. The minimum atomic E-state index is -0.182. The lowest BCUT2D eigenvalue weighted by molar-refractivity contribution is -0.119. The number of hydrogen-bond acceptors (Lipinski definition) is 4. The van der Waals surface area contributed by atoms with Gasteiger partial charge in [0.25, 0.3) is 0 Å². The summed E-state index contributed by atoms with van der Waals surface area (Å²) in [6, 6.07) is 14.5. The molecular weight excluding hydrogens is 268 g/mol. The van der Waals surface area contributed by atoms with Crippen molar-refractivity contribution in [2.75, 3.05) is 24.4 Å². The first-order valence-corrected chi connectivity index (χ1v) is 6.58. The van der Waals surface area contributed by atoms with E-state index in [2.05, 4.69) is 10.6 Å². The van der Waals surface area contributed by atoms with Gasteiger partial charge in [0, 0.05) is 25.0 Å². The quantitative estimate of drug-likeness (QED) is 0.763. The summed E-state index contributed by atoms with van der Waals surface area (Å²) in [5.74, 6) is 0.0727. The SMILES string of the molecule is COCC(=O)Nc1ccc(NCc2cccc(O)c2)cc1. The molecule has 2 rings (SSSR count). The second-order valence-corrected chi connectivity index (χ2v) is 4.58. The number of nitrogens with one attached hydrogen (secondary N) is 2. The lowest BCUT2D eigenvalue weighted by atomic mass is 10.2. The number of carbonyl (C=O) groups is 1. The second kappa shape index (κ2) is 7.31. The Morgan fingerprint density at radius 1 is 1.14 bits per heavy atom. The van der Waals surface area contributed by atoms with Gasteiger partial charge in [0.15, 0.2) is 0 Å². The van der Waals surface area contributed by atoms with Crippen LogP contribution in [-0.4, -0.2) is 24.7 Å². The van der Waals surface area contributed by atoms with Crippen molar-refractivity contribution in [2.45, 2.75) is 6.54 Å². The number of phenols is 1. The minimum Gasteiger partial charge on any atom is -0.508 e. The fourth-order valence-corrected chi connectivity index (χ4v) is 1.87. The normalized spacial score (nSPS) is 10.1. The van der Waals surface area contributed by atoms with Crippen molar-refractivity contribution in [3.05, 3.63) is 54.1 Å². The maximum atomic E-state index is 11.4. The Kier molecular flexibility index (Phi) is 5.17. The number of methoxy groups -OCH3 is 1. The van der Waals surface area contributed by atoms with Gasteiger partial charge in [-0.3, -0.25) is 4.79 Å². The third-order valence-electron chi connectivity index (χ3n) is 2.85. The van der Waals surface area contributed by atoms with Gasteiger partial charge in [-0.25, -0.2) is 0 Å². The van der Waals surface area contributed by atoms with Gasteiger partial charge >= 0.3 is 0 Å². The number of benzene rings is 2. The van der Waals surface area contributed by atoms with Crippen LogP contribution >= 0.6 is 0 Å². The highest BCUT2D eigenvalue weighted by Gasteiger charge is 2.01. The average molecular weight is 286 g/mol. The number of aromatic hydroxyl groups is 1. The molecule has 0 fully saturated rings. The molecule has 0 atom stereocenters. The summed E-state index contributed by atoms with van der Waals surface area (Å²) in [6.45, 7) is 0.654. The summed E-state index contributed by atoms with van der Waals surface area (Å²) in [5, 5.41) is 15.4. The summed E-state index contributed by atoms with van der Waals surface area (Å²) in [7, 11) is 1.48. The van der Waals surface area contributed by atoms with Crippen molar-refractivity contribution in [1.29, 1.82) is 0 Å². The van der Waals surface area contributed by atoms with Crippen LogP contribution < -0.4 is 10.6 Å². The molecule has 0 aliphatic carbocycles. The molecule has 0 aromatic heterocycles. The molecule has 0 saturated carbocycles. The molecule has 0 aliphatic rings. The van der Waals surface area contributed by atoms with Crippen molar-refractivity contribution < 1.29 is 14.6 Å². The van der Waals surface area contributed by atoms with Gasteiger partial charge in [-0.2, -0.15) is 0 Å². The first kappa shape index (κ1) is 14.9. The maximum absolute atomic E-state index is 11.4. The molecule has 0 heterocycles. The molecule has 0 aliphatic heterocycles. The highest BCUT2D eigenvalue weighted by Crippen LogP contribution is 2.16. The van der Waals surface area contributed by atoms with Crippen molar-refractivity contribution in [1.82, 2.24) is 0 Å². The van der Waals surface area contributed by atoms with Gasteiger partial charge in [-0.05, 0) is 42.0 Å². The Hall–Kier alpha value is -2.53. The van der Waals surface area contributed by atoms with Crippen LogP contribution in [0.2, 0.25) is 0 Å². The van der Waals surface area contributed by atoms with E-state index >= 15 is 0 Å². The van der Waals surface area contributed by atoms with Crippen LogP contribution in [0.25, 0.3) is 0 Å². The average Bonchev–Trinajstić information content (AvgIpc) is 2.47. The van der Waals surface area contributed by atoms with Crippen LogP contribution in [0.1, 0.15) is 5.56 Å². The molecule has 0 spiro atoms. The van der Waals surface area contributed by atoms with Crippen LogP contribution in [-0.2, 0) is 16.1 Å². The molecule has 2 aromatic carbocycles. The zero-order chi connectivity index (χ0) is 15.1. The highest BCUT2D eigenvalue weighted by molar-refractivity contribution is 5.91. The summed E-state index contributed by atoms with van der Waals surface area (Å²) < 4.78 is 4.75. The van der Waals surface area contributed by atoms with Gasteiger partial charge in [-0.1, -0.05) is 12.1 Å². The molecule has 5 nitrogen and oxygen atoms in total. The number of rotatable bonds is 6. The predicted molar refractivity (Wildman–Crippen MR) is 82.4 cm³/mol. The Morgan fingerprint density at radius 3 is 2.52 bits per heavy atom. The van der Waals surface area contributed by atoms with E-state index in [1.807, 2.05) is 30.3 Å². The molecule has 5 heteroatoms. The Balaban J connectivity index is 1.89. The highest BCUT2D eigenvalue weighted by atomic mass is 16.5. The smallest absolute Gasteiger partial charge is 0.250 e. The van der Waals surface area contributed by atoms with Crippen molar-refractivity contribution >= 4 is 17.3 Å². The van der Waals surface area contributed by atoms with Crippen molar-refractivity contribution in [2.24, 2.45) is 0 Å². The van der Waals surface area contributed by atoms with Gasteiger partial charge in [-0.15, -0.1) is 0 Å². The monoisotopic (exact) mass is 286 g/mol. The van der Waals surface area contributed by atoms with Crippen LogP contribution in [0.15, 0.2) is 48.5 Å². The van der Waals surface area contributed by atoms with Gasteiger partial charge in [0.1, 0.15) is 12.4 Å². The van der Waals surface area contributed by atoms with Crippen LogP contribution in [0.4, 0.5) is 11.4 Å². The fraction of sp³-hybridized carbons (Fsp3) is 0.188. The number of amides is 1. The molecule has 1 amide bonds. The standard InChI is InChI=1S/C16H18N2O3/c1-21-11-16(20)18-14-7-5-13(6-8-14)17-10-12-3-2-4-15(19)9-12/h2-9,17,19H,10-11H2,1H3,(H,18,20). The molecule has 0 saturated heterocycles. The van der Waals surface area contributed by atoms with E-state index in [0.29, 0.717) is 6.54 Å². The molecule has 0 radical (unpaired) electrons. The largest absolute Gasteiger partial charge is 0.508 e. The Labute approximate surface area is 123 Å². The van der Waals surface area contributed by atoms with E-state index in [4.69, 9.17) is 4.74 Å². The molecule has 0 unspecified atom stereocenters. The van der Waals surface area contributed by atoms with Crippen molar-refractivity contribution in [3.8, 4) is 5.75 Å². The fourth-order valence-electron chi connectivity index (χ4n) is 1.87. The first-order chi connectivity index (χ1) is 10.2. The predicted octanol–water partition coefficient (Wildman–Crippen LogP) is 2.59. The van der Waals surface area contributed by atoms with Crippen LogP contribution in [0.3, 0.4) is 0 Å². The molecular formula is C16H18N2O3. The number of hydrogen-bond donors (Lipinski definition) is 3. The number of carbonyl (C=O) groups excluding carboxylic acids is 1. The molecule has 0 bridgehead atoms. The Bertz CT molecular complexity index is 597. The van der Waals surface area contributed by atoms with Gasteiger partial charge in [0.2, 0.25) is 5.91 Å².